The van der Waals surface area contributed by atoms with Crippen molar-refractivity contribution in [3.05, 3.63) is 66.5 Å². The van der Waals surface area contributed by atoms with Gasteiger partial charge in [-0.25, -0.2) is 9.97 Å². The van der Waals surface area contributed by atoms with Crippen LogP contribution in [-0.2, 0) is 11.2 Å². The van der Waals surface area contributed by atoms with Gasteiger partial charge in [0, 0.05) is 16.9 Å². The molecule has 28 heavy (non-hydrogen) atoms. The smallest absolute Gasteiger partial charge is 0.230 e. The number of rotatable bonds is 7. The van der Waals surface area contributed by atoms with Crippen molar-refractivity contribution in [3.8, 4) is 0 Å². The summed E-state index contributed by atoms with van der Waals surface area (Å²) in [6, 6.07) is 18.5. The Morgan fingerprint density at radius 1 is 1.11 bits per heavy atom. The molecule has 0 saturated carbocycles. The molecule has 142 valence electrons. The molecule has 0 bridgehead atoms. The van der Waals surface area contributed by atoms with Crippen LogP contribution in [-0.4, -0.2) is 32.7 Å². The largest absolute Gasteiger partial charge is 0.353 e. The van der Waals surface area contributed by atoms with Crippen LogP contribution < -0.4 is 5.32 Å². The number of H-pyrrole nitrogens is 1. The number of fused-ring (bicyclic) bond motifs is 3. The summed E-state index contributed by atoms with van der Waals surface area (Å²) < 4.78 is 0. The SMILES string of the molecule is CC(CCc1ccccc1)NC(=O)CSc1ncnc2c1[nH]c1ccccc12. The van der Waals surface area contributed by atoms with E-state index < -0.39 is 0 Å². The summed E-state index contributed by atoms with van der Waals surface area (Å²) in [5.74, 6) is 0.352. The molecule has 0 aliphatic carbocycles. The second-order valence-corrected chi connectivity index (χ2v) is 7.82. The lowest BCUT2D eigenvalue weighted by Crippen LogP contribution is -2.34. The van der Waals surface area contributed by atoms with Crippen molar-refractivity contribution >= 4 is 39.6 Å². The Morgan fingerprint density at radius 2 is 1.89 bits per heavy atom. The molecule has 0 fully saturated rings. The molecule has 0 radical (unpaired) electrons. The highest BCUT2D eigenvalue weighted by Crippen LogP contribution is 2.29. The van der Waals surface area contributed by atoms with Crippen LogP contribution in [0.25, 0.3) is 21.9 Å². The van der Waals surface area contributed by atoms with Gasteiger partial charge in [0.2, 0.25) is 5.91 Å². The number of carbonyl (C=O) groups is 1. The monoisotopic (exact) mass is 390 g/mol. The van der Waals surface area contributed by atoms with Gasteiger partial charge in [0.25, 0.3) is 0 Å². The van der Waals surface area contributed by atoms with E-state index in [1.165, 1.54) is 17.3 Å². The second-order valence-electron chi connectivity index (χ2n) is 6.85. The molecule has 0 spiro atoms. The highest BCUT2D eigenvalue weighted by Gasteiger charge is 2.13. The molecule has 4 aromatic rings. The molecule has 1 amide bonds. The summed E-state index contributed by atoms with van der Waals surface area (Å²) in [4.78, 5) is 24.5. The first kappa shape index (κ1) is 18.5. The Kier molecular flexibility index (Phi) is 5.58. The number of aromatic nitrogens is 3. The Balaban J connectivity index is 1.35. The first-order chi connectivity index (χ1) is 13.7. The molecule has 2 aromatic heterocycles. The normalized spacial score (nSPS) is 12.3. The predicted molar refractivity (Wildman–Crippen MR) is 114 cm³/mol. The van der Waals surface area contributed by atoms with Crippen molar-refractivity contribution in [2.24, 2.45) is 0 Å². The first-order valence-electron chi connectivity index (χ1n) is 9.38. The van der Waals surface area contributed by atoms with E-state index in [0.717, 1.165) is 39.8 Å². The Morgan fingerprint density at radius 3 is 2.75 bits per heavy atom. The van der Waals surface area contributed by atoms with Gasteiger partial charge >= 0.3 is 0 Å². The minimum atomic E-state index is 0.0217. The Hall–Kier alpha value is -2.86. The fourth-order valence-electron chi connectivity index (χ4n) is 3.28. The number of nitrogens with zero attached hydrogens (tertiary/aromatic N) is 2. The molecule has 0 aliphatic heterocycles. The van der Waals surface area contributed by atoms with Crippen LogP contribution in [0.15, 0.2) is 66.0 Å². The number of para-hydroxylation sites is 1. The maximum Gasteiger partial charge on any atom is 0.230 e. The quantitative estimate of drug-likeness (QED) is 0.364. The summed E-state index contributed by atoms with van der Waals surface area (Å²) in [5, 5.41) is 4.95. The van der Waals surface area contributed by atoms with Crippen LogP contribution in [0.5, 0.6) is 0 Å². The van der Waals surface area contributed by atoms with Gasteiger partial charge in [0.15, 0.2) is 0 Å². The Bertz CT molecular complexity index is 1090. The van der Waals surface area contributed by atoms with Gasteiger partial charge in [-0.3, -0.25) is 4.79 Å². The van der Waals surface area contributed by atoms with E-state index in [0.29, 0.717) is 5.75 Å². The van der Waals surface area contributed by atoms with Crippen molar-refractivity contribution in [2.75, 3.05) is 5.75 Å². The Labute approximate surface area is 168 Å². The zero-order valence-corrected chi connectivity index (χ0v) is 16.5. The van der Waals surface area contributed by atoms with E-state index in [-0.39, 0.29) is 11.9 Å². The lowest BCUT2D eigenvalue weighted by molar-refractivity contribution is -0.119. The van der Waals surface area contributed by atoms with Crippen LogP contribution in [0.3, 0.4) is 0 Å². The number of aryl methyl sites for hydroxylation is 1. The second kappa shape index (κ2) is 8.44. The molecule has 1 atom stereocenters. The maximum absolute atomic E-state index is 12.4. The van der Waals surface area contributed by atoms with Gasteiger partial charge in [-0.1, -0.05) is 60.3 Å². The molecule has 2 heterocycles. The highest BCUT2D eigenvalue weighted by atomic mass is 32.2. The number of nitrogens with one attached hydrogen (secondary N) is 2. The average molecular weight is 391 g/mol. The van der Waals surface area contributed by atoms with E-state index in [1.807, 2.05) is 49.4 Å². The third kappa shape index (κ3) is 4.17. The summed E-state index contributed by atoms with van der Waals surface area (Å²) in [6.45, 7) is 2.05. The lowest BCUT2D eigenvalue weighted by Gasteiger charge is -2.13. The van der Waals surface area contributed by atoms with Gasteiger partial charge in [0.1, 0.15) is 16.9 Å². The molecule has 5 nitrogen and oxygen atoms in total. The van der Waals surface area contributed by atoms with E-state index in [4.69, 9.17) is 0 Å². The molecule has 0 saturated heterocycles. The molecule has 2 N–H and O–H groups in total. The lowest BCUT2D eigenvalue weighted by atomic mass is 10.1. The minimum absolute atomic E-state index is 0.0217. The van der Waals surface area contributed by atoms with Crippen LogP contribution >= 0.6 is 11.8 Å². The molecular weight excluding hydrogens is 368 g/mol. The maximum atomic E-state index is 12.4. The van der Waals surface area contributed by atoms with Gasteiger partial charge < -0.3 is 10.3 Å². The molecule has 6 heteroatoms. The zero-order valence-electron chi connectivity index (χ0n) is 15.7. The molecule has 1 unspecified atom stereocenters. The van der Waals surface area contributed by atoms with Crippen molar-refractivity contribution in [3.63, 3.8) is 0 Å². The fourth-order valence-corrected chi connectivity index (χ4v) is 4.04. The number of hydrogen-bond acceptors (Lipinski definition) is 4. The highest BCUT2D eigenvalue weighted by molar-refractivity contribution is 8.00. The van der Waals surface area contributed by atoms with Crippen LogP contribution in [0.1, 0.15) is 18.9 Å². The van der Waals surface area contributed by atoms with Crippen LogP contribution in [0.2, 0.25) is 0 Å². The molecular formula is C22H22N4OS. The standard InChI is InChI=1S/C22H22N4OS/c1-15(11-12-16-7-3-2-4-8-16)25-19(27)13-28-22-21-20(23-14-24-22)17-9-5-6-10-18(17)26-21/h2-10,14-15,26H,11-13H2,1H3,(H,25,27). The molecule has 4 rings (SSSR count). The van der Waals surface area contributed by atoms with E-state index >= 15 is 0 Å². The van der Waals surface area contributed by atoms with Crippen LogP contribution in [0.4, 0.5) is 0 Å². The topological polar surface area (TPSA) is 70.7 Å². The summed E-state index contributed by atoms with van der Waals surface area (Å²) in [5.41, 5.74) is 4.10. The zero-order chi connectivity index (χ0) is 19.3. The minimum Gasteiger partial charge on any atom is -0.353 e. The summed E-state index contributed by atoms with van der Waals surface area (Å²) in [6.07, 6.45) is 3.43. The van der Waals surface area contributed by atoms with Gasteiger partial charge in [-0.15, -0.1) is 0 Å². The molecule has 0 aliphatic rings. The van der Waals surface area contributed by atoms with Crippen LogP contribution in [0, 0.1) is 0 Å². The van der Waals surface area contributed by atoms with Gasteiger partial charge in [-0.2, -0.15) is 0 Å². The van der Waals surface area contributed by atoms with Crippen molar-refractivity contribution in [2.45, 2.75) is 30.8 Å². The van der Waals surface area contributed by atoms with E-state index in [1.54, 1.807) is 6.33 Å². The van der Waals surface area contributed by atoms with E-state index in [9.17, 15) is 4.79 Å². The van der Waals surface area contributed by atoms with Crippen molar-refractivity contribution in [1.29, 1.82) is 0 Å². The van der Waals surface area contributed by atoms with Gasteiger partial charge in [0.05, 0.1) is 11.3 Å². The number of benzene rings is 2. The van der Waals surface area contributed by atoms with E-state index in [2.05, 4.69) is 32.4 Å². The third-order valence-electron chi connectivity index (χ3n) is 4.71. The first-order valence-corrected chi connectivity index (χ1v) is 10.4. The third-order valence-corrected chi connectivity index (χ3v) is 5.70. The molecule has 2 aromatic carbocycles. The number of thioether (sulfide) groups is 1. The fraction of sp³-hybridized carbons (Fsp3) is 0.227. The summed E-state index contributed by atoms with van der Waals surface area (Å²) in [7, 11) is 0. The number of aromatic amines is 1. The van der Waals surface area contributed by atoms with Crippen molar-refractivity contribution < 1.29 is 4.79 Å². The average Bonchev–Trinajstić information content (AvgIpc) is 3.11. The number of amides is 1. The van der Waals surface area contributed by atoms with Crippen molar-refractivity contribution in [1.82, 2.24) is 20.3 Å². The number of hydrogen-bond donors (Lipinski definition) is 2. The number of carbonyl (C=O) groups excluding carboxylic acids is 1. The van der Waals surface area contributed by atoms with Gasteiger partial charge in [-0.05, 0) is 31.4 Å². The predicted octanol–water partition coefficient (Wildman–Crippen LogP) is 4.34. The summed E-state index contributed by atoms with van der Waals surface area (Å²) >= 11 is 1.44.